The van der Waals surface area contributed by atoms with E-state index in [1.165, 1.54) is 21.9 Å². The Morgan fingerprint density at radius 1 is 0.400 bits per heavy atom. The molecule has 0 aliphatic rings. The van der Waals surface area contributed by atoms with Crippen LogP contribution in [0.3, 0.4) is 0 Å². The average Bonchev–Trinajstić information content (AvgIpc) is 3.17. The van der Waals surface area contributed by atoms with Crippen molar-refractivity contribution in [1.82, 2.24) is 0 Å². The summed E-state index contributed by atoms with van der Waals surface area (Å²) in [4.78, 5) is 0. The Balaban J connectivity index is 0.000000138. The molecule has 6 heteroatoms. The van der Waals surface area contributed by atoms with Gasteiger partial charge in [0.1, 0.15) is 0 Å². The predicted molar refractivity (Wildman–Crippen MR) is 214 cm³/mol. The van der Waals surface area contributed by atoms with E-state index in [-0.39, 0.29) is 0 Å². The predicted octanol–water partition coefficient (Wildman–Crippen LogP) is 9.86. The molecule has 0 saturated carbocycles. The summed E-state index contributed by atoms with van der Waals surface area (Å²) < 4.78 is 0. The Labute approximate surface area is 298 Å². The minimum absolute atomic E-state index is 0.554. The number of benzene rings is 8. The van der Waals surface area contributed by atoms with Gasteiger partial charge in [-0.05, 0) is 79.6 Å². The number of nitrogens with two attached hydrogens (primary N) is 2. The topological polar surface area (TPSA) is 92.5 Å². The summed E-state index contributed by atoms with van der Waals surface area (Å²) in [6.45, 7) is 0. The Morgan fingerprint density at radius 3 is 1.50 bits per heavy atom. The van der Waals surface area contributed by atoms with Crippen molar-refractivity contribution >= 4 is 57.1 Å². The van der Waals surface area contributed by atoms with Crippen LogP contribution in [0.25, 0.3) is 54.9 Å². The molecule has 50 heavy (non-hydrogen) atoms. The number of halogens is 1. The summed E-state index contributed by atoms with van der Waals surface area (Å²) in [5.41, 5.74) is 20.9. The Bertz CT molecular complexity index is 2340. The quantitative estimate of drug-likeness (QED) is 0.111. The van der Waals surface area contributed by atoms with E-state index in [2.05, 4.69) is 66.7 Å². The Hall–Kier alpha value is -5.85. The number of fused-ring (bicyclic) bond motifs is 2. The lowest BCUT2D eigenvalue weighted by molar-refractivity contribution is 0.426. The first-order valence-corrected chi connectivity index (χ1v) is 16.6. The molecule has 0 amide bonds. The maximum absolute atomic E-state index is 9.08. The maximum Gasteiger partial charge on any atom is 0.489 e. The fourth-order valence-electron chi connectivity index (χ4n) is 5.94. The number of nitrogen functional groups attached to an aromatic ring is 2. The minimum atomic E-state index is -1.40. The molecule has 8 aromatic carbocycles. The van der Waals surface area contributed by atoms with Crippen molar-refractivity contribution < 1.29 is 10.0 Å². The van der Waals surface area contributed by atoms with Gasteiger partial charge in [0, 0.05) is 27.5 Å². The first-order chi connectivity index (χ1) is 24.4. The molecule has 0 saturated heterocycles. The second-order valence-corrected chi connectivity index (χ2v) is 12.2. The molecule has 0 radical (unpaired) electrons. The lowest BCUT2D eigenvalue weighted by atomic mass is 9.77. The van der Waals surface area contributed by atoms with Crippen LogP contribution in [0.4, 0.5) is 11.4 Å². The highest BCUT2D eigenvalue weighted by Crippen LogP contribution is 2.34. The van der Waals surface area contributed by atoms with Crippen LogP contribution in [0, 0.1) is 0 Å². The van der Waals surface area contributed by atoms with Crippen LogP contribution in [-0.4, -0.2) is 17.2 Å². The third-order valence-corrected chi connectivity index (χ3v) is 8.68. The van der Waals surface area contributed by atoms with Gasteiger partial charge in [-0.1, -0.05) is 163 Å². The van der Waals surface area contributed by atoms with Crippen LogP contribution in [0.15, 0.2) is 182 Å². The lowest BCUT2D eigenvalue weighted by Gasteiger charge is -2.11. The summed E-state index contributed by atoms with van der Waals surface area (Å²) in [7, 11) is -1.40. The molecule has 0 aromatic heterocycles. The Morgan fingerprint density at radius 2 is 0.880 bits per heavy atom. The van der Waals surface area contributed by atoms with Crippen molar-refractivity contribution in [3.05, 3.63) is 187 Å². The van der Waals surface area contributed by atoms with Crippen molar-refractivity contribution in [3.63, 3.8) is 0 Å². The molecule has 4 nitrogen and oxygen atoms in total. The fourth-order valence-corrected chi connectivity index (χ4v) is 6.11. The minimum Gasteiger partial charge on any atom is -0.423 e. The van der Waals surface area contributed by atoms with E-state index < -0.39 is 7.12 Å². The highest BCUT2D eigenvalue weighted by molar-refractivity contribution is 6.61. The normalized spacial score (nSPS) is 10.5. The Kier molecular flexibility index (Phi) is 10.9. The van der Waals surface area contributed by atoms with Crippen LogP contribution in [0.1, 0.15) is 0 Å². The molecule has 0 spiro atoms. The van der Waals surface area contributed by atoms with E-state index in [1.807, 2.05) is 103 Å². The van der Waals surface area contributed by atoms with Gasteiger partial charge < -0.3 is 21.5 Å². The van der Waals surface area contributed by atoms with E-state index in [0.29, 0.717) is 10.5 Å². The smallest absolute Gasteiger partial charge is 0.423 e. The van der Waals surface area contributed by atoms with Crippen LogP contribution in [0.2, 0.25) is 5.02 Å². The highest BCUT2D eigenvalue weighted by Gasteiger charge is 2.13. The average molecular weight is 671 g/mol. The first kappa shape index (κ1) is 34.0. The van der Waals surface area contributed by atoms with Gasteiger partial charge in [0.2, 0.25) is 0 Å². The monoisotopic (exact) mass is 670 g/mol. The second kappa shape index (κ2) is 16.0. The SMILES string of the molecule is Nc1ccc(-c2cccc3ccccc23)cc1-c1ccccc1.Nc1ccc(Cl)cc1-c1ccccc1.OB(O)c1cccc2ccccc12. The van der Waals surface area contributed by atoms with Gasteiger partial charge in [-0.3, -0.25) is 0 Å². The molecule has 0 fully saturated rings. The van der Waals surface area contributed by atoms with E-state index >= 15 is 0 Å². The molecule has 0 aliphatic carbocycles. The molecular weight excluding hydrogens is 635 g/mol. The number of hydrogen-bond acceptors (Lipinski definition) is 4. The molecule has 0 aliphatic heterocycles. The highest BCUT2D eigenvalue weighted by atomic mass is 35.5. The van der Waals surface area contributed by atoms with Crippen molar-refractivity contribution in [2.75, 3.05) is 11.5 Å². The van der Waals surface area contributed by atoms with Crippen LogP contribution >= 0.6 is 11.6 Å². The molecule has 8 aromatic rings. The summed E-state index contributed by atoms with van der Waals surface area (Å²) in [5, 5.41) is 23.3. The van der Waals surface area contributed by atoms with Gasteiger partial charge in [-0.15, -0.1) is 0 Å². The second-order valence-electron chi connectivity index (χ2n) is 11.7. The fraction of sp³-hybridized carbons (Fsp3) is 0. The maximum atomic E-state index is 9.08. The molecule has 0 heterocycles. The van der Waals surface area contributed by atoms with Crippen LogP contribution in [-0.2, 0) is 0 Å². The third kappa shape index (κ3) is 8.05. The van der Waals surface area contributed by atoms with Gasteiger partial charge in [0.15, 0.2) is 0 Å². The molecule has 0 bridgehead atoms. The van der Waals surface area contributed by atoms with Crippen LogP contribution < -0.4 is 16.9 Å². The van der Waals surface area contributed by atoms with Gasteiger partial charge in [-0.2, -0.15) is 0 Å². The lowest BCUT2D eigenvalue weighted by Crippen LogP contribution is -2.30. The molecular formula is C44H36BClN2O2. The van der Waals surface area contributed by atoms with Crippen molar-refractivity contribution in [1.29, 1.82) is 0 Å². The zero-order chi connectivity index (χ0) is 34.9. The number of hydrogen-bond donors (Lipinski definition) is 4. The van der Waals surface area contributed by atoms with E-state index in [9.17, 15) is 0 Å². The zero-order valence-electron chi connectivity index (χ0n) is 27.3. The van der Waals surface area contributed by atoms with E-state index in [1.54, 1.807) is 12.1 Å². The number of anilines is 2. The van der Waals surface area contributed by atoms with E-state index in [4.69, 9.17) is 33.1 Å². The standard InChI is InChI=1S/C22H17N.C12H10ClN.C10H9BO2/c23-22-14-13-18(15-21(22)17-7-2-1-3-8-17)20-12-6-10-16-9-4-5-11-19(16)20;13-10-6-7-12(14)11(8-10)9-4-2-1-3-5-9;12-11(13)10-7-3-5-8-4-1-2-6-9(8)10/h1-15H,23H2;1-8H,14H2;1-7,12-13H. The summed E-state index contributed by atoms with van der Waals surface area (Å²) in [5.74, 6) is 0. The largest absolute Gasteiger partial charge is 0.489 e. The summed E-state index contributed by atoms with van der Waals surface area (Å²) >= 11 is 5.91. The zero-order valence-corrected chi connectivity index (χ0v) is 28.1. The van der Waals surface area contributed by atoms with Gasteiger partial charge in [-0.25, -0.2) is 0 Å². The first-order valence-electron chi connectivity index (χ1n) is 16.3. The molecule has 244 valence electrons. The van der Waals surface area contributed by atoms with Crippen molar-refractivity contribution in [2.45, 2.75) is 0 Å². The van der Waals surface area contributed by atoms with E-state index in [0.717, 1.165) is 44.4 Å². The molecule has 8 rings (SSSR count). The van der Waals surface area contributed by atoms with Gasteiger partial charge in [0.05, 0.1) is 0 Å². The van der Waals surface area contributed by atoms with Gasteiger partial charge in [0.25, 0.3) is 0 Å². The molecule has 0 unspecified atom stereocenters. The van der Waals surface area contributed by atoms with Crippen LogP contribution in [0.5, 0.6) is 0 Å². The van der Waals surface area contributed by atoms with Crippen molar-refractivity contribution in [3.8, 4) is 33.4 Å². The summed E-state index contributed by atoms with van der Waals surface area (Å²) in [6.07, 6.45) is 0. The summed E-state index contributed by atoms with van der Waals surface area (Å²) in [6, 6.07) is 60.1. The van der Waals surface area contributed by atoms with Crippen molar-refractivity contribution in [2.24, 2.45) is 0 Å². The molecule has 0 atom stereocenters. The number of rotatable bonds is 4. The van der Waals surface area contributed by atoms with Gasteiger partial charge >= 0.3 is 7.12 Å². The third-order valence-electron chi connectivity index (χ3n) is 8.44. The molecule has 6 N–H and O–H groups in total.